The molecule has 0 unspecified atom stereocenters. The molecule has 2 aromatic heterocycles. The highest BCUT2D eigenvalue weighted by Crippen LogP contribution is 2.19. The molecule has 0 aromatic carbocycles. The molecule has 1 aliphatic heterocycles. The highest BCUT2D eigenvalue weighted by atomic mass is 127. The lowest BCUT2D eigenvalue weighted by molar-refractivity contribution is 0.380. The predicted molar refractivity (Wildman–Crippen MR) is 133 cm³/mol. The first-order valence-electron chi connectivity index (χ1n) is 9.74. The summed E-state index contributed by atoms with van der Waals surface area (Å²) in [5, 5.41) is 12.8. The molecule has 0 amide bonds. The predicted octanol–water partition coefficient (Wildman–Crippen LogP) is 2.80. The zero-order chi connectivity index (χ0) is 19.9. The Labute approximate surface area is 198 Å². The summed E-state index contributed by atoms with van der Waals surface area (Å²) in [7, 11) is 0. The number of hydrogen-bond acceptors (Lipinski definition) is 7. The Balaban J connectivity index is 0.00000300. The molecule has 29 heavy (non-hydrogen) atoms. The number of piperazine rings is 1. The molecule has 3 heterocycles. The molecule has 0 atom stereocenters. The topological polar surface area (TPSA) is 88.5 Å². The SMILES string of the molecule is CSc1nnc(CCCN=C(N)N2CCN(c3nccs3)CC2)n1CC(C)C.I. The van der Waals surface area contributed by atoms with Gasteiger partial charge in [0, 0.05) is 57.3 Å². The second kappa shape index (κ2) is 11.9. The summed E-state index contributed by atoms with van der Waals surface area (Å²) in [6.45, 7) is 9.72. The quantitative estimate of drug-likeness (QED) is 0.178. The monoisotopic (exact) mass is 550 g/mol. The van der Waals surface area contributed by atoms with Crippen LogP contribution in [-0.2, 0) is 13.0 Å². The van der Waals surface area contributed by atoms with Crippen LogP contribution >= 0.6 is 47.1 Å². The zero-order valence-corrected chi connectivity index (χ0v) is 21.3. The van der Waals surface area contributed by atoms with E-state index in [-0.39, 0.29) is 24.0 Å². The van der Waals surface area contributed by atoms with Crippen molar-refractivity contribution < 1.29 is 0 Å². The number of guanidine groups is 1. The summed E-state index contributed by atoms with van der Waals surface area (Å²) in [5.41, 5.74) is 6.22. The van der Waals surface area contributed by atoms with E-state index in [4.69, 9.17) is 5.73 Å². The van der Waals surface area contributed by atoms with Crippen LogP contribution < -0.4 is 10.6 Å². The minimum Gasteiger partial charge on any atom is -0.370 e. The average Bonchev–Trinajstić information content (AvgIpc) is 3.35. The van der Waals surface area contributed by atoms with Crippen molar-refractivity contribution >= 4 is 58.2 Å². The van der Waals surface area contributed by atoms with Crippen molar-refractivity contribution in [2.24, 2.45) is 16.6 Å². The number of nitrogens with two attached hydrogens (primary N) is 1. The van der Waals surface area contributed by atoms with Gasteiger partial charge < -0.3 is 20.1 Å². The number of aryl methyl sites for hydroxylation is 1. The Morgan fingerprint density at radius 1 is 1.28 bits per heavy atom. The lowest BCUT2D eigenvalue weighted by Crippen LogP contribution is -2.51. The third kappa shape index (κ3) is 6.71. The maximum Gasteiger partial charge on any atom is 0.191 e. The molecule has 3 rings (SSSR count). The minimum atomic E-state index is 0. The summed E-state index contributed by atoms with van der Waals surface area (Å²) in [6, 6.07) is 0. The van der Waals surface area contributed by atoms with Gasteiger partial charge in [0.2, 0.25) is 0 Å². The van der Waals surface area contributed by atoms with Crippen molar-refractivity contribution in [1.29, 1.82) is 0 Å². The molecule has 1 aliphatic rings. The number of thioether (sulfide) groups is 1. The van der Waals surface area contributed by atoms with Crippen LogP contribution in [0.15, 0.2) is 21.7 Å². The van der Waals surface area contributed by atoms with Gasteiger partial charge in [-0.2, -0.15) is 0 Å². The van der Waals surface area contributed by atoms with Crippen LogP contribution in [0.3, 0.4) is 0 Å². The van der Waals surface area contributed by atoms with E-state index in [1.165, 1.54) is 0 Å². The maximum absolute atomic E-state index is 6.22. The fourth-order valence-corrected chi connectivity index (χ4v) is 4.45. The van der Waals surface area contributed by atoms with Gasteiger partial charge in [-0.15, -0.1) is 45.5 Å². The third-order valence-electron chi connectivity index (χ3n) is 4.65. The molecule has 0 bridgehead atoms. The highest BCUT2D eigenvalue weighted by molar-refractivity contribution is 14.0. The van der Waals surface area contributed by atoms with Gasteiger partial charge in [0.15, 0.2) is 16.2 Å². The van der Waals surface area contributed by atoms with Crippen LogP contribution in [0.2, 0.25) is 0 Å². The van der Waals surface area contributed by atoms with Crippen molar-refractivity contribution in [2.45, 2.75) is 38.4 Å². The first-order valence-corrected chi connectivity index (χ1v) is 11.8. The second-order valence-corrected chi connectivity index (χ2v) is 8.89. The van der Waals surface area contributed by atoms with E-state index in [9.17, 15) is 0 Å². The van der Waals surface area contributed by atoms with Crippen molar-refractivity contribution in [3.05, 3.63) is 17.4 Å². The normalized spacial score (nSPS) is 15.1. The second-order valence-electron chi connectivity index (χ2n) is 7.24. The molecule has 1 fully saturated rings. The van der Waals surface area contributed by atoms with Crippen LogP contribution in [-0.4, -0.2) is 69.6 Å². The van der Waals surface area contributed by atoms with E-state index in [0.29, 0.717) is 18.4 Å². The van der Waals surface area contributed by atoms with E-state index in [0.717, 1.165) is 61.7 Å². The molecule has 8 nitrogen and oxygen atoms in total. The Morgan fingerprint density at radius 2 is 2.03 bits per heavy atom. The lowest BCUT2D eigenvalue weighted by Gasteiger charge is -2.35. The van der Waals surface area contributed by atoms with Gasteiger partial charge in [-0.1, -0.05) is 25.6 Å². The van der Waals surface area contributed by atoms with Gasteiger partial charge in [-0.05, 0) is 18.6 Å². The molecule has 11 heteroatoms. The Kier molecular flexibility index (Phi) is 9.96. The van der Waals surface area contributed by atoms with E-state index in [2.05, 4.69) is 48.4 Å². The molecular formula is C18H31IN8S2. The average molecular weight is 551 g/mol. The molecule has 162 valence electrons. The number of thiazole rings is 1. The number of rotatable bonds is 8. The van der Waals surface area contributed by atoms with Crippen LogP contribution in [0, 0.1) is 5.92 Å². The van der Waals surface area contributed by atoms with Crippen molar-refractivity contribution in [3.8, 4) is 0 Å². The van der Waals surface area contributed by atoms with E-state index < -0.39 is 0 Å². The zero-order valence-electron chi connectivity index (χ0n) is 17.3. The number of hydrogen-bond donors (Lipinski definition) is 1. The van der Waals surface area contributed by atoms with E-state index in [1.54, 1.807) is 23.1 Å². The molecule has 0 aliphatic carbocycles. The summed E-state index contributed by atoms with van der Waals surface area (Å²) in [4.78, 5) is 13.4. The van der Waals surface area contributed by atoms with Gasteiger partial charge in [-0.3, -0.25) is 4.99 Å². The number of halogens is 1. The van der Waals surface area contributed by atoms with Crippen LogP contribution in [0.4, 0.5) is 5.13 Å². The maximum atomic E-state index is 6.22. The van der Waals surface area contributed by atoms with Gasteiger partial charge in [0.25, 0.3) is 0 Å². The Bertz CT molecular complexity index is 754. The van der Waals surface area contributed by atoms with E-state index in [1.807, 2.05) is 17.8 Å². The summed E-state index contributed by atoms with van der Waals surface area (Å²) >= 11 is 3.33. The molecule has 0 spiro atoms. The third-order valence-corrected chi connectivity index (χ3v) is 6.15. The van der Waals surface area contributed by atoms with Crippen molar-refractivity contribution in [1.82, 2.24) is 24.6 Å². The molecular weight excluding hydrogens is 519 g/mol. The molecule has 0 saturated carbocycles. The smallest absolute Gasteiger partial charge is 0.191 e. The summed E-state index contributed by atoms with van der Waals surface area (Å²) in [5.74, 6) is 2.26. The Hall–Kier alpha value is -1.08. The van der Waals surface area contributed by atoms with Crippen LogP contribution in [0.5, 0.6) is 0 Å². The van der Waals surface area contributed by atoms with Crippen LogP contribution in [0.1, 0.15) is 26.1 Å². The molecule has 1 saturated heterocycles. The van der Waals surface area contributed by atoms with Gasteiger partial charge in [0.05, 0.1) is 0 Å². The highest BCUT2D eigenvalue weighted by Gasteiger charge is 2.19. The van der Waals surface area contributed by atoms with Crippen molar-refractivity contribution in [2.75, 3.05) is 43.9 Å². The number of anilines is 1. The molecule has 2 aromatic rings. The fourth-order valence-electron chi connectivity index (χ4n) is 3.23. The van der Waals surface area contributed by atoms with Crippen molar-refractivity contribution in [3.63, 3.8) is 0 Å². The minimum absolute atomic E-state index is 0. The Morgan fingerprint density at radius 3 is 2.66 bits per heavy atom. The number of aliphatic imine (C=N–C) groups is 1. The summed E-state index contributed by atoms with van der Waals surface area (Å²) < 4.78 is 2.24. The lowest BCUT2D eigenvalue weighted by atomic mass is 10.2. The fraction of sp³-hybridized carbons (Fsp3) is 0.667. The summed E-state index contributed by atoms with van der Waals surface area (Å²) in [6.07, 6.45) is 5.69. The van der Waals surface area contributed by atoms with Crippen LogP contribution in [0.25, 0.3) is 0 Å². The standard InChI is InChI=1S/C18H30N8S2.HI/c1-14(2)13-26-15(22-23-18(26)27-3)5-4-6-20-16(19)24-8-10-25(11-9-24)17-21-7-12-28-17;/h7,12,14H,4-6,8-11,13H2,1-3H3,(H2,19,20);1H. The molecule has 0 radical (unpaired) electrons. The van der Waals surface area contributed by atoms with E-state index >= 15 is 0 Å². The largest absolute Gasteiger partial charge is 0.370 e. The van der Waals surface area contributed by atoms with Gasteiger partial charge in [0.1, 0.15) is 5.82 Å². The number of nitrogens with zero attached hydrogens (tertiary/aromatic N) is 7. The van der Waals surface area contributed by atoms with Gasteiger partial charge >= 0.3 is 0 Å². The van der Waals surface area contributed by atoms with Gasteiger partial charge in [-0.25, -0.2) is 4.98 Å². The molecule has 2 N–H and O–H groups in total. The first kappa shape index (κ1) is 24.2. The number of aromatic nitrogens is 4. The first-order chi connectivity index (χ1) is 13.6.